The topological polar surface area (TPSA) is 30.7 Å². The van der Waals surface area contributed by atoms with Crippen molar-refractivity contribution in [2.75, 3.05) is 5.88 Å². The molecule has 0 radical (unpaired) electrons. The van der Waals surface area contributed by atoms with Crippen LogP contribution in [0.5, 0.6) is 0 Å². The van der Waals surface area contributed by atoms with E-state index in [2.05, 4.69) is 38.8 Å². The van der Waals surface area contributed by atoms with Crippen molar-refractivity contribution in [1.29, 1.82) is 0 Å². The van der Waals surface area contributed by atoms with Crippen LogP contribution in [0.2, 0.25) is 0 Å². The average Bonchev–Trinajstić information content (AvgIpc) is 2.83. The molecule has 3 aromatic rings. The Morgan fingerprint density at radius 2 is 2.14 bits per heavy atom. The molecule has 0 N–H and O–H groups in total. The summed E-state index contributed by atoms with van der Waals surface area (Å²) in [5.41, 5.74) is 5.08. The first-order valence-electron chi connectivity index (χ1n) is 7.29. The summed E-state index contributed by atoms with van der Waals surface area (Å²) in [4.78, 5) is 8.85. The van der Waals surface area contributed by atoms with Gasteiger partial charge in [0.2, 0.25) is 0 Å². The third-order valence-electron chi connectivity index (χ3n) is 4.31. The summed E-state index contributed by atoms with van der Waals surface area (Å²) in [5, 5.41) is 0. The first kappa shape index (κ1) is 12.8. The molecule has 1 unspecified atom stereocenters. The third kappa shape index (κ3) is 2.12. The summed E-state index contributed by atoms with van der Waals surface area (Å²) in [6.07, 6.45) is 5.61. The fourth-order valence-electron chi connectivity index (χ4n) is 3.26. The molecule has 106 valence electrons. The van der Waals surface area contributed by atoms with Gasteiger partial charge in [0.05, 0.1) is 11.7 Å². The van der Waals surface area contributed by atoms with E-state index in [1.165, 1.54) is 11.1 Å². The molecule has 1 aliphatic carbocycles. The number of halogens is 1. The van der Waals surface area contributed by atoms with Crippen molar-refractivity contribution in [3.8, 4) is 0 Å². The number of rotatable bonds is 4. The van der Waals surface area contributed by atoms with Crippen molar-refractivity contribution in [1.82, 2.24) is 14.5 Å². The summed E-state index contributed by atoms with van der Waals surface area (Å²) in [7, 11) is 0. The fourth-order valence-corrected chi connectivity index (χ4v) is 3.43. The molecule has 21 heavy (non-hydrogen) atoms. The van der Waals surface area contributed by atoms with E-state index in [4.69, 9.17) is 11.6 Å². The van der Waals surface area contributed by atoms with E-state index in [1.807, 2.05) is 18.5 Å². The molecule has 4 rings (SSSR count). The maximum absolute atomic E-state index is 5.93. The lowest BCUT2D eigenvalue weighted by Gasteiger charge is -2.31. The highest BCUT2D eigenvalue weighted by Gasteiger charge is 2.27. The van der Waals surface area contributed by atoms with Gasteiger partial charge in [-0.15, -0.1) is 11.6 Å². The van der Waals surface area contributed by atoms with Gasteiger partial charge in [-0.3, -0.25) is 4.98 Å². The highest BCUT2D eigenvalue weighted by molar-refractivity contribution is 6.17. The van der Waals surface area contributed by atoms with Gasteiger partial charge >= 0.3 is 0 Å². The quantitative estimate of drug-likeness (QED) is 0.690. The van der Waals surface area contributed by atoms with Gasteiger partial charge in [-0.1, -0.05) is 24.3 Å². The minimum absolute atomic E-state index is 0.584. The van der Waals surface area contributed by atoms with Crippen LogP contribution in [0.25, 0.3) is 11.0 Å². The molecular formula is C17H16ClN3. The van der Waals surface area contributed by atoms with Gasteiger partial charge < -0.3 is 4.57 Å². The normalized spacial score (nSPS) is 16.7. The van der Waals surface area contributed by atoms with Gasteiger partial charge in [0, 0.05) is 31.0 Å². The Bertz CT molecular complexity index is 794. The summed E-state index contributed by atoms with van der Waals surface area (Å²) >= 11 is 5.93. The number of fused-ring (bicyclic) bond motifs is 2. The number of aromatic nitrogens is 3. The Balaban J connectivity index is 1.71. The molecule has 2 heterocycles. The van der Waals surface area contributed by atoms with Crippen molar-refractivity contribution < 1.29 is 0 Å². The lowest BCUT2D eigenvalue weighted by molar-refractivity contribution is 0.505. The molecule has 0 amide bonds. The molecule has 0 aliphatic heterocycles. The van der Waals surface area contributed by atoms with E-state index in [1.54, 1.807) is 0 Å². The maximum atomic E-state index is 5.93. The predicted octanol–water partition coefficient (Wildman–Crippen LogP) is 3.55. The zero-order valence-corrected chi connectivity index (χ0v) is 12.4. The van der Waals surface area contributed by atoms with Crippen LogP contribution in [0.3, 0.4) is 0 Å². The standard InChI is InChI=1S/C17H16ClN3/c18-7-5-17-20-15-10-19-8-6-16(15)21(17)11-13-9-12-3-1-2-4-14(12)13/h1-4,6,8,10,13H,5,7,9,11H2. The molecule has 0 bridgehead atoms. The minimum atomic E-state index is 0.584. The number of hydrogen-bond acceptors (Lipinski definition) is 2. The second kappa shape index (κ2) is 5.15. The van der Waals surface area contributed by atoms with Gasteiger partial charge in [0.15, 0.2) is 0 Å². The van der Waals surface area contributed by atoms with Gasteiger partial charge in [0.1, 0.15) is 11.3 Å². The molecule has 1 atom stereocenters. The van der Waals surface area contributed by atoms with E-state index in [0.717, 1.165) is 36.2 Å². The van der Waals surface area contributed by atoms with Crippen molar-refractivity contribution >= 4 is 22.6 Å². The lowest BCUT2D eigenvalue weighted by Crippen LogP contribution is -2.22. The Morgan fingerprint density at radius 1 is 1.24 bits per heavy atom. The van der Waals surface area contributed by atoms with Crippen molar-refractivity contribution in [2.45, 2.75) is 25.3 Å². The summed E-state index contributed by atoms with van der Waals surface area (Å²) in [5.74, 6) is 2.25. The molecule has 2 aromatic heterocycles. The number of aryl methyl sites for hydroxylation is 1. The van der Waals surface area contributed by atoms with E-state index < -0.39 is 0 Å². The SMILES string of the molecule is ClCCc1nc2cnccc2n1CC1Cc2ccccc21. The smallest absolute Gasteiger partial charge is 0.111 e. The third-order valence-corrected chi connectivity index (χ3v) is 4.50. The maximum Gasteiger partial charge on any atom is 0.111 e. The van der Waals surface area contributed by atoms with Gasteiger partial charge in [-0.2, -0.15) is 0 Å². The van der Waals surface area contributed by atoms with Crippen LogP contribution in [-0.4, -0.2) is 20.4 Å². The second-order valence-electron chi connectivity index (χ2n) is 5.54. The van der Waals surface area contributed by atoms with Crippen LogP contribution >= 0.6 is 11.6 Å². The predicted molar refractivity (Wildman–Crippen MR) is 84.8 cm³/mol. The zero-order valence-electron chi connectivity index (χ0n) is 11.7. The Hall–Kier alpha value is -1.87. The minimum Gasteiger partial charge on any atom is -0.327 e. The van der Waals surface area contributed by atoms with Gasteiger partial charge in [0.25, 0.3) is 0 Å². The number of hydrogen-bond donors (Lipinski definition) is 0. The average molecular weight is 298 g/mol. The summed E-state index contributed by atoms with van der Waals surface area (Å²) in [6, 6.07) is 10.8. The van der Waals surface area contributed by atoms with Crippen LogP contribution in [-0.2, 0) is 19.4 Å². The van der Waals surface area contributed by atoms with E-state index >= 15 is 0 Å². The van der Waals surface area contributed by atoms with Crippen LogP contribution in [0, 0.1) is 0 Å². The first-order chi connectivity index (χ1) is 10.4. The Labute approximate surface area is 128 Å². The zero-order chi connectivity index (χ0) is 14.2. The van der Waals surface area contributed by atoms with Crippen LogP contribution in [0.15, 0.2) is 42.7 Å². The fraction of sp³-hybridized carbons (Fsp3) is 0.294. The number of alkyl halides is 1. The van der Waals surface area contributed by atoms with E-state index in [-0.39, 0.29) is 0 Å². The monoisotopic (exact) mass is 297 g/mol. The number of imidazole rings is 1. The van der Waals surface area contributed by atoms with Crippen LogP contribution in [0.4, 0.5) is 0 Å². The Morgan fingerprint density at radius 3 is 3.00 bits per heavy atom. The van der Waals surface area contributed by atoms with Gasteiger partial charge in [-0.05, 0) is 23.6 Å². The van der Waals surface area contributed by atoms with Crippen molar-refractivity contribution in [2.24, 2.45) is 0 Å². The summed E-state index contributed by atoms with van der Waals surface area (Å²) < 4.78 is 2.32. The molecule has 1 aliphatic rings. The molecule has 0 saturated heterocycles. The summed E-state index contributed by atoms with van der Waals surface area (Å²) in [6.45, 7) is 0.976. The molecule has 0 spiro atoms. The number of benzene rings is 1. The molecule has 0 fully saturated rings. The van der Waals surface area contributed by atoms with E-state index in [0.29, 0.717) is 11.8 Å². The molecule has 1 aromatic carbocycles. The second-order valence-corrected chi connectivity index (χ2v) is 5.92. The largest absolute Gasteiger partial charge is 0.327 e. The van der Waals surface area contributed by atoms with Crippen LogP contribution in [0.1, 0.15) is 22.9 Å². The first-order valence-corrected chi connectivity index (χ1v) is 7.83. The molecule has 3 nitrogen and oxygen atoms in total. The van der Waals surface area contributed by atoms with Gasteiger partial charge in [-0.25, -0.2) is 4.98 Å². The molecule has 0 saturated carbocycles. The number of pyridine rings is 1. The van der Waals surface area contributed by atoms with Crippen molar-refractivity contribution in [3.63, 3.8) is 0 Å². The highest BCUT2D eigenvalue weighted by atomic mass is 35.5. The lowest BCUT2D eigenvalue weighted by atomic mass is 9.77. The highest BCUT2D eigenvalue weighted by Crippen LogP contribution is 2.36. The van der Waals surface area contributed by atoms with Crippen molar-refractivity contribution in [3.05, 3.63) is 59.7 Å². The van der Waals surface area contributed by atoms with Crippen LogP contribution < -0.4 is 0 Å². The molecule has 4 heteroatoms. The Kier molecular flexibility index (Phi) is 3.15. The molecular weight excluding hydrogens is 282 g/mol. The van der Waals surface area contributed by atoms with E-state index in [9.17, 15) is 0 Å². The number of nitrogens with zero attached hydrogens (tertiary/aromatic N) is 3.